The molecule has 17 heavy (non-hydrogen) atoms. The summed E-state index contributed by atoms with van der Waals surface area (Å²) in [4.78, 5) is 14.9. The monoisotopic (exact) mass is 253 g/mol. The number of phenolic OH excluding ortho intramolecular Hbond substituents is 1. The average Bonchev–Trinajstić information content (AvgIpc) is 2.31. The van der Waals surface area contributed by atoms with E-state index in [-0.39, 0.29) is 5.75 Å². The standard InChI is InChI=1S/C12H15NO3S/c1-17-7-6-10(12(15)16)13-8-9-4-2-3-5-11(9)14/h2-5,8,10,14H,6-7H2,1H3,(H,15,16)/t10-/m0/s1. The molecule has 0 aliphatic rings. The van der Waals surface area contributed by atoms with E-state index in [1.165, 1.54) is 6.21 Å². The molecule has 0 saturated carbocycles. The van der Waals surface area contributed by atoms with Crippen molar-refractivity contribution in [3.8, 4) is 5.75 Å². The number of hydrogen-bond donors (Lipinski definition) is 2. The number of carboxylic acid groups (broad SMARTS) is 1. The number of nitrogens with zero attached hydrogens (tertiary/aromatic N) is 1. The van der Waals surface area contributed by atoms with Gasteiger partial charge in [-0.05, 0) is 30.6 Å². The molecule has 0 aromatic heterocycles. The highest BCUT2D eigenvalue weighted by Gasteiger charge is 2.14. The Morgan fingerprint density at radius 1 is 1.53 bits per heavy atom. The van der Waals surface area contributed by atoms with Crippen LogP contribution in [0.5, 0.6) is 5.75 Å². The van der Waals surface area contributed by atoms with Crippen molar-refractivity contribution in [1.82, 2.24) is 0 Å². The van der Waals surface area contributed by atoms with Crippen LogP contribution in [0.1, 0.15) is 12.0 Å². The van der Waals surface area contributed by atoms with Gasteiger partial charge in [0.1, 0.15) is 11.8 Å². The average molecular weight is 253 g/mol. The fraction of sp³-hybridized carbons (Fsp3) is 0.333. The van der Waals surface area contributed by atoms with Gasteiger partial charge in [0.05, 0.1) is 0 Å². The predicted molar refractivity (Wildman–Crippen MR) is 70.1 cm³/mol. The second-order valence-electron chi connectivity index (χ2n) is 3.47. The van der Waals surface area contributed by atoms with Crippen molar-refractivity contribution >= 4 is 23.9 Å². The van der Waals surface area contributed by atoms with E-state index in [2.05, 4.69) is 4.99 Å². The molecule has 0 aliphatic heterocycles. The molecule has 0 bridgehead atoms. The molecule has 92 valence electrons. The smallest absolute Gasteiger partial charge is 0.328 e. The van der Waals surface area contributed by atoms with Crippen LogP contribution >= 0.6 is 11.8 Å². The van der Waals surface area contributed by atoms with Crippen LogP contribution in [0.4, 0.5) is 0 Å². The number of carboxylic acids is 1. The topological polar surface area (TPSA) is 69.9 Å². The lowest BCUT2D eigenvalue weighted by atomic mass is 10.2. The van der Waals surface area contributed by atoms with E-state index < -0.39 is 12.0 Å². The minimum atomic E-state index is -0.939. The maximum Gasteiger partial charge on any atom is 0.328 e. The molecule has 1 aromatic rings. The molecular weight excluding hydrogens is 238 g/mol. The van der Waals surface area contributed by atoms with Gasteiger partial charge in [0, 0.05) is 11.8 Å². The van der Waals surface area contributed by atoms with Crippen LogP contribution in [-0.4, -0.2) is 40.4 Å². The molecule has 1 aromatic carbocycles. The summed E-state index contributed by atoms with van der Waals surface area (Å²) in [7, 11) is 0. The van der Waals surface area contributed by atoms with Gasteiger partial charge in [-0.1, -0.05) is 12.1 Å². The molecule has 1 atom stereocenters. The first-order valence-corrected chi connectivity index (χ1v) is 6.57. The van der Waals surface area contributed by atoms with Crippen molar-refractivity contribution in [2.24, 2.45) is 4.99 Å². The summed E-state index contributed by atoms with van der Waals surface area (Å²) in [5.74, 6) is -0.0919. The van der Waals surface area contributed by atoms with E-state index in [1.807, 2.05) is 6.26 Å². The van der Waals surface area contributed by atoms with Crippen molar-refractivity contribution < 1.29 is 15.0 Å². The molecule has 0 saturated heterocycles. The maximum atomic E-state index is 10.9. The Kier molecular flexibility index (Phi) is 5.56. The Labute approximate surface area is 104 Å². The number of hydrogen-bond acceptors (Lipinski definition) is 4. The molecule has 0 heterocycles. The number of aliphatic imine (C=N–C) groups is 1. The number of thioether (sulfide) groups is 1. The van der Waals surface area contributed by atoms with Crippen LogP contribution < -0.4 is 0 Å². The second kappa shape index (κ2) is 6.96. The van der Waals surface area contributed by atoms with Crippen molar-refractivity contribution in [3.63, 3.8) is 0 Å². The fourth-order valence-corrected chi connectivity index (χ4v) is 1.72. The Bertz CT molecular complexity index is 406. The van der Waals surface area contributed by atoms with Crippen molar-refractivity contribution in [2.45, 2.75) is 12.5 Å². The normalized spacial score (nSPS) is 12.8. The molecule has 0 unspecified atom stereocenters. The first kappa shape index (κ1) is 13.6. The van der Waals surface area contributed by atoms with Gasteiger partial charge in [-0.15, -0.1) is 0 Å². The predicted octanol–water partition coefficient (Wildman–Crippen LogP) is 2.02. The number of aromatic hydroxyl groups is 1. The molecule has 0 aliphatic carbocycles. The highest BCUT2D eigenvalue weighted by molar-refractivity contribution is 7.98. The highest BCUT2D eigenvalue weighted by atomic mass is 32.2. The molecule has 5 heteroatoms. The molecule has 0 fully saturated rings. The summed E-state index contributed by atoms with van der Waals surface area (Å²) in [5.41, 5.74) is 0.530. The van der Waals surface area contributed by atoms with Gasteiger partial charge in [-0.3, -0.25) is 4.99 Å². The van der Waals surface area contributed by atoms with Gasteiger partial charge in [-0.2, -0.15) is 11.8 Å². The molecule has 1 rings (SSSR count). The van der Waals surface area contributed by atoms with Gasteiger partial charge < -0.3 is 10.2 Å². The van der Waals surface area contributed by atoms with Gasteiger partial charge in [0.15, 0.2) is 0 Å². The van der Waals surface area contributed by atoms with Crippen LogP contribution in [0.15, 0.2) is 29.3 Å². The van der Waals surface area contributed by atoms with E-state index in [0.717, 1.165) is 5.75 Å². The maximum absolute atomic E-state index is 10.9. The first-order chi connectivity index (χ1) is 8.15. The number of phenols is 1. The van der Waals surface area contributed by atoms with Crippen LogP contribution in [0.3, 0.4) is 0 Å². The van der Waals surface area contributed by atoms with Crippen molar-refractivity contribution in [3.05, 3.63) is 29.8 Å². The van der Waals surface area contributed by atoms with Crippen molar-refractivity contribution in [2.75, 3.05) is 12.0 Å². The van der Waals surface area contributed by atoms with Crippen molar-refractivity contribution in [1.29, 1.82) is 0 Å². The molecular formula is C12H15NO3S. The van der Waals surface area contributed by atoms with Crippen LogP contribution in [0.2, 0.25) is 0 Å². The molecule has 2 N–H and O–H groups in total. The quantitative estimate of drug-likeness (QED) is 0.761. The lowest BCUT2D eigenvalue weighted by Crippen LogP contribution is -2.18. The highest BCUT2D eigenvalue weighted by Crippen LogP contribution is 2.13. The second-order valence-corrected chi connectivity index (χ2v) is 4.46. The Morgan fingerprint density at radius 2 is 2.24 bits per heavy atom. The third-order valence-corrected chi connectivity index (χ3v) is 2.85. The largest absolute Gasteiger partial charge is 0.507 e. The Morgan fingerprint density at radius 3 is 2.82 bits per heavy atom. The van der Waals surface area contributed by atoms with Gasteiger partial charge in [-0.25, -0.2) is 4.79 Å². The SMILES string of the molecule is CSCC[C@H](N=Cc1ccccc1O)C(=O)O. The summed E-state index contributed by atoms with van der Waals surface area (Å²) >= 11 is 1.59. The van der Waals surface area contributed by atoms with E-state index in [1.54, 1.807) is 36.0 Å². The van der Waals surface area contributed by atoms with Gasteiger partial charge in [0.25, 0.3) is 0 Å². The third-order valence-electron chi connectivity index (χ3n) is 2.21. The Balaban J connectivity index is 2.72. The third kappa shape index (κ3) is 4.48. The van der Waals surface area contributed by atoms with Gasteiger partial charge >= 0.3 is 5.97 Å². The number of aliphatic carboxylic acids is 1. The van der Waals surface area contributed by atoms with E-state index in [0.29, 0.717) is 12.0 Å². The summed E-state index contributed by atoms with van der Waals surface area (Å²) < 4.78 is 0. The minimum Gasteiger partial charge on any atom is -0.507 e. The summed E-state index contributed by atoms with van der Waals surface area (Å²) in [6.07, 6.45) is 3.82. The number of rotatable bonds is 6. The zero-order valence-electron chi connectivity index (χ0n) is 9.54. The molecule has 4 nitrogen and oxygen atoms in total. The summed E-state index contributed by atoms with van der Waals surface area (Å²) in [5, 5.41) is 18.5. The number of para-hydroxylation sites is 1. The van der Waals surface area contributed by atoms with E-state index in [9.17, 15) is 9.90 Å². The molecule has 0 radical (unpaired) electrons. The van der Waals surface area contributed by atoms with E-state index in [4.69, 9.17) is 5.11 Å². The minimum absolute atomic E-state index is 0.102. The molecule has 0 spiro atoms. The van der Waals surface area contributed by atoms with Gasteiger partial charge in [0.2, 0.25) is 0 Å². The van der Waals surface area contributed by atoms with Crippen LogP contribution in [-0.2, 0) is 4.79 Å². The lowest BCUT2D eigenvalue weighted by Gasteiger charge is -2.05. The lowest BCUT2D eigenvalue weighted by molar-refractivity contribution is -0.138. The number of benzene rings is 1. The fourth-order valence-electron chi connectivity index (χ4n) is 1.26. The zero-order valence-corrected chi connectivity index (χ0v) is 10.4. The number of carbonyl (C=O) groups is 1. The van der Waals surface area contributed by atoms with E-state index >= 15 is 0 Å². The summed E-state index contributed by atoms with van der Waals surface area (Å²) in [6, 6.07) is 5.95. The Hall–Kier alpha value is -1.49. The zero-order chi connectivity index (χ0) is 12.7. The first-order valence-electron chi connectivity index (χ1n) is 5.18. The summed E-state index contributed by atoms with van der Waals surface area (Å²) in [6.45, 7) is 0. The van der Waals surface area contributed by atoms with Crippen LogP contribution in [0, 0.1) is 0 Å². The van der Waals surface area contributed by atoms with Crippen LogP contribution in [0.25, 0.3) is 0 Å². The molecule has 0 amide bonds.